The first-order valence-corrected chi connectivity index (χ1v) is 7.68. The first kappa shape index (κ1) is 15.8. The maximum atomic E-state index is 12.3. The molecule has 0 spiro atoms. The zero-order valence-corrected chi connectivity index (χ0v) is 12.2. The van der Waals surface area contributed by atoms with E-state index in [0.717, 1.165) is 6.42 Å². The summed E-state index contributed by atoms with van der Waals surface area (Å²) in [4.78, 5) is 0. The van der Waals surface area contributed by atoms with E-state index in [0.29, 0.717) is 32.0 Å². The molecule has 18 heavy (non-hydrogen) atoms. The number of hydrogen-bond acceptors (Lipinski definition) is 4. The number of nitrogens with zero attached hydrogens (tertiary/aromatic N) is 2. The quantitative estimate of drug-likeness (QED) is 0.738. The molecule has 0 aromatic rings. The van der Waals surface area contributed by atoms with Crippen molar-refractivity contribution >= 4 is 10.2 Å². The Bertz CT molecular complexity index is 347. The second-order valence-electron chi connectivity index (χ2n) is 4.80. The number of hydrogen-bond donors (Lipinski definition) is 1. The highest BCUT2D eigenvalue weighted by Gasteiger charge is 2.34. The summed E-state index contributed by atoms with van der Waals surface area (Å²) in [6.45, 7) is 3.35. The van der Waals surface area contributed by atoms with Gasteiger partial charge in [-0.3, -0.25) is 0 Å². The van der Waals surface area contributed by atoms with Crippen LogP contribution in [-0.2, 0) is 14.9 Å². The van der Waals surface area contributed by atoms with E-state index in [-0.39, 0.29) is 12.7 Å². The van der Waals surface area contributed by atoms with Gasteiger partial charge >= 0.3 is 0 Å². The lowest BCUT2D eigenvalue weighted by Crippen LogP contribution is -2.51. The fourth-order valence-corrected chi connectivity index (χ4v) is 3.55. The molecule has 0 radical (unpaired) electrons. The van der Waals surface area contributed by atoms with Crippen LogP contribution in [0.1, 0.15) is 19.8 Å². The Kier molecular flexibility index (Phi) is 6.00. The Labute approximate surface area is 110 Å². The number of piperidine rings is 1. The number of rotatable bonds is 6. The SMILES string of the molecule is COC1CN(S(=O)(=O)N(C)CCCO)CCC1C. The van der Waals surface area contributed by atoms with Crippen molar-refractivity contribution in [2.75, 3.05) is 40.4 Å². The zero-order chi connectivity index (χ0) is 13.8. The molecule has 108 valence electrons. The van der Waals surface area contributed by atoms with E-state index in [1.165, 1.54) is 8.61 Å². The fourth-order valence-electron chi connectivity index (χ4n) is 2.13. The molecule has 1 N–H and O–H groups in total. The molecule has 6 nitrogen and oxygen atoms in total. The highest BCUT2D eigenvalue weighted by atomic mass is 32.2. The molecule has 1 aliphatic heterocycles. The molecule has 1 rings (SSSR count). The van der Waals surface area contributed by atoms with E-state index in [1.54, 1.807) is 14.2 Å². The average Bonchev–Trinajstić information content (AvgIpc) is 2.36. The number of aliphatic hydroxyl groups excluding tert-OH is 1. The summed E-state index contributed by atoms with van der Waals surface area (Å²) in [7, 11) is -0.261. The minimum absolute atomic E-state index is 0.00239. The summed E-state index contributed by atoms with van der Waals surface area (Å²) in [6.07, 6.45) is 1.22. The van der Waals surface area contributed by atoms with Crippen molar-refractivity contribution in [3.63, 3.8) is 0 Å². The van der Waals surface area contributed by atoms with E-state index in [4.69, 9.17) is 9.84 Å². The van der Waals surface area contributed by atoms with Crippen LogP contribution in [0.2, 0.25) is 0 Å². The van der Waals surface area contributed by atoms with E-state index in [1.807, 2.05) is 0 Å². The lowest BCUT2D eigenvalue weighted by molar-refractivity contribution is 0.0170. The van der Waals surface area contributed by atoms with Gasteiger partial charge in [-0.25, -0.2) is 0 Å². The predicted octanol–water partition coefficient (Wildman–Crippen LogP) is -0.0978. The summed E-state index contributed by atoms with van der Waals surface area (Å²) >= 11 is 0. The van der Waals surface area contributed by atoms with Gasteiger partial charge in [0.25, 0.3) is 10.2 Å². The molecule has 0 amide bonds. The fraction of sp³-hybridized carbons (Fsp3) is 1.00. The van der Waals surface area contributed by atoms with E-state index < -0.39 is 10.2 Å². The average molecular weight is 280 g/mol. The highest BCUT2D eigenvalue weighted by molar-refractivity contribution is 7.86. The van der Waals surface area contributed by atoms with Crippen molar-refractivity contribution in [2.24, 2.45) is 5.92 Å². The smallest absolute Gasteiger partial charge is 0.281 e. The van der Waals surface area contributed by atoms with Gasteiger partial charge in [-0.05, 0) is 18.8 Å². The molecule has 2 atom stereocenters. The summed E-state index contributed by atoms with van der Waals surface area (Å²) in [6, 6.07) is 0. The Morgan fingerprint density at radius 2 is 2.17 bits per heavy atom. The van der Waals surface area contributed by atoms with Gasteiger partial charge in [0.1, 0.15) is 0 Å². The van der Waals surface area contributed by atoms with Crippen LogP contribution in [0.3, 0.4) is 0 Å². The molecule has 0 aromatic heterocycles. The number of ether oxygens (including phenoxy) is 1. The predicted molar refractivity (Wildman–Crippen MR) is 69.4 cm³/mol. The first-order chi connectivity index (χ1) is 8.43. The van der Waals surface area contributed by atoms with Crippen LogP contribution in [0.5, 0.6) is 0 Å². The van der Waals surface area contributed by atoms with Crippen LogP contribution in [0.4, 0.5) is 0 Å². The third-order valence-electron chi connectivity index (χ3n) is 3.51. The van der Waals surface area contributed by atoms with Gasteiger partial charge in [0.2, 0.25) is 0 Å². The van der Waals surface area contributed by atoms with Gasteiger partial charge < -0.3 is 9.84 Å². The van der Waals surface area contributed by atoms with Crippen molar-refractivity contribution in [3.8, 4) is 0 Å². The van der Waals surface area contributed by atoms with Crippen molar-refractivity contribution in [2.45, 2.75) is 25.9 Å². The highest BCUT2D eigenvalue weighted by Crippen LogP contribution is 2.22. The zero-order valence-electron chi connectivity index (χ0n) is 11.4. The van der Waals surface area contributed by atoms with Gasteiger partial charge in [0.05, 0.1) is 6.10 Å². The van der Waals surface area contributed by atoms with Crippen LogP contribution < -0.4 is 0 Å². The maximum Gasteiger partial charge on any atom is 0.281 e. The summed E-state index contributed by atoms with van der Waals surface area (Å²) in [5.41, 5.74) is 0. The molecule has 1 heterocycles. The second kappa shape index (κ2) is 6.81. The normalized spacial score (nSPS) is 26.7. The van der Waals surface area contributed by atoms with Gasteiger partial charge in [-0.15, -0.1) is 0 Å². The summed E-state index contributed by atoms with van der Waals surface area (Å²) in [5, 5.41) is 8.75. The lowest BCUT2D eigenvalue weighted by atomic mass is 9.97. The van der Waals surface area contributed by atoms with E-state index >= 15 is 0 Å². The third-order valence-corrected chi connectivity index (χ3v) is 5.46. The van der Waals surface area contributed by atoms with Crippen LogP contribution in [-0.4, -0.2) is 68.6 Å². The Morgan fingerprint density at radius 3 is 2.72 bits per heavy atom. The van der Waals surface area contributed by atoms with Crippen LogP contribution in [0.15, 0.2) is 0 Å². The monoisotopic (exact) mass is 280 g/mol. The molecule has 1 fully saturated rings. The van der Waals surface area contributed by atoms with Crippen LogP contribution >= 0.6 is 0 Å². The van der Waals surface area contributed by atoms with Crippen LogP contribution in [0, 0.1) is 5.92 Å². The summed E-state index contributed by atoms with van der Waals surface area (Å²) in [5.74, 6) is 0.379. The van der Waals surface area contributed by atoms with E-state index in [9.17, 15) is 8.42 Å². The summed E-state index contributed by atoms with van der Waals surface area (Å²) < 4.78 is 32.6. The van der Waals surface area contributed by atoms with Crippen molar-refractivity contribution in [1.29, 1.82) is 0 Å². The topological polar surface area (TPSA) is 70.1 Å². The van der Waals surface area contributed by atoms with Crippen molar-refractivity contribution in [3.05, 3.63) is 0 Å². The van der Waals surface area contributed by atoms with Gasteiger partial charge in [-0.1, -0.05) is 6.92 Å². The van der Waals surface area contributed by atoms with E-state index in [2.05, 4.69) is 6.92 Å². The Hall–Kier alpha value is -0.210. The number of aliphatic hydroxyl groups is 1. The van der Waals surface area contributed by atoms with Gasteiger partial charge in [0, 0.05) is 40.4 Å². The van der Waals surface area contributed by atoms with Gasteiger partial charge in [-0.2, -0.15) is 17.0 Å². The minimum Gasteiger partial charge on any atom is -0.396 e. The largest absolute Gasteiger partial charge is 0.396 e. The molecule has 0 aromatic carbocycles. The molecule has 1 aliphatic rings. The van der Waals surface area contributed by atoms with Crippen molar-refractivity contribution in [1.82, 2.24) is 8.61 Å². The molecule has 1 saturated heterocycles. The molecule has 0 bridgehead atoms. The maximum absolute atomic E-state index is 12.3. The molecule has 7 heteroatoms. The molecular weight excluding hydrogens is 256 g/mol. The standard InChI is InChI=1S/C11H24N2O4S/c1-10-5-7-13(9-11(10)17-3)18(15,16)12(2)6-4-8-14/h10-11,14H,4-9H2,1-3H3. The first-order valence-electron chi connectivity index (χ1n) is 6.28. The molecular formula is C11H24N2O4S. The molecule has 0 saturated carbocycles. The van der Waals surface area contributed by atoms with Crippen LogP contribution in [0.25, 0.3) is 0 Å². The minimum atomic E-state index is -3.43. The lowest BCUT2D eigenvalue weighted by Gasteiger charge is -2.37. The van der Waals surface area contributed by atoms with Gasteiger partial charge in [0.15, 0.2) is 0 Å². The van der Waals surface area contributed by atoms with Crippen molar-refractivity contribution < 1.29 is 18.3 Å². The third kappa shape index (κ3) is 3.64. The Balaban J connectivity index is 2.67. The molecule has 2 unspecified atom stereocenters. The Morgan fingerprint density at radius 1 is 1.50 bits per heavy atom. The second-order valence-corrected chi connectivity index (χ2v) is 6.84. The molecule has 0 aliphatic carbocycles. The number of methoxy groups -OCH3 is 1.